The molecule has 2 nitrogen and oxygen atoms in total. The molecule has 72 valence electrons. The summed E-state index contributed by atoms with van der Waals surface area (Å²) in [6.45, 7) is 0. The van der Waals surface area contributed by atoms with Gasteiger partial charge < -0.3 is 0 Å². The highest BCUT2D eigenvalue weighted by atomic mass is 19.3. The Labute approximate surface area is 79.4 Å². The fourth-order valence-corrected chi connectivity index (χ4v) is 1.34. The third-order valence-corrected chi connectivity index (χ3v) is 1.96. The number of carbonyl (C=O) groups excluding carboxylic acids is 1. The van der Waals surface area contributed by atoms with Crippen molar-refractivity contribution in [1.82, 2.24) is 0 Å². The van der Waals surface area contributed by atoms with Crippen molar-refractivity contribution in [3.8, 4) is 0 Å². The number of carbonyl (C=O) groups is 1. The molecule has 0 saturated heterocycles. The molecule has 0 radical (unpaired) electrons. The number of amides is 1. The van der Waals surface area contributed by atoms with E-state index in [1.165, 1.54) is 12.1 Å². The standard InChI is InChI=1S/C10H7F2NO/c11-10(12)7-6-9(14)13(10)8-4-2-1-3-5-8/h1-7H. The molecule has 1 heterocycles. The van der Waals surface area contributed by atoms with E-state index in [-0.39, 0.29) is 5.69 Å². The van der Waals surface area contributed by atoms with Gasteiger partial charge in [-0.15, -0.1) is 0 Å². The topological polar surface area (TPSA) is 20.3 Å². The fourth-order valence-electron chi connectivity index (χ4n) is 1.34. The van der Waals surface area contributed by atoms with Crippen LogP contribution in [0.5, 0.6) is 0 Å². The van der Waals surface area contributed by atoms with E-state index >= 15 is 0 Å². The monoisotopic (exact) mass is 195 g/mol. The molecule has 1 aliphatic heterocycles. The fraction of sp³-hybridized carbons (Fsp3) is 0.100. The van der Waals surface area contributed by atoms with Gasteiger partial charge in [-0.3, -0.25) is 4.79 Å². The summed E-state index contributed by atoms with van der Waals surface area (Å²) in [7, 11) is 0. The number of nitrogens with zero attached hydrogens (tertiary/aromatic N) is 1. The summed E-state index contributed by atoms with van der Waals surface area (Å²) in [5, 5.41) is 0. The summed E-state index contributed by atoms with van der Waals surface area (Å²) >= 11 is 0. The smallest absolute Gasteiger partial charge is 0.269 e. The van der Waals surface area contributed by atoms with Gasteiger partial charge in [0, 0.05) is 12.2 Å². The van der Waals surface area contributed by atoms with E-state index in [2.05, 4.69) is 0 Å². The highest BCUT2D eigenvalue weighted by Gasteiger charge is 2.42. The zero-order valence-electron chi connectivity index (χ0n) is 7.15. The molecular formula is C10H7F2NO. The molecule has 14 heavy (non-hydrogen) atoms. The Morgan fingerprint density at radius 3 is 2.29 bits per heavy atom. The molecule has 1 aromatic carbocycles. The van der Waals surface area contributed by atoms with E-state index in [1.807, 2.05) is 0 Å². The molecule has 0 spiro atoms. The van der Waals surface area contributed by atoms with Crippen LogP contribution in [0.1, 0.15) is 0 Å². The van der Waals surface area contributed by atoms with Crippen LogP contribution in [0.25, 0.3) is 0 Å². The van der Waals surface area contributed by atoms with Gasteiger partial charge in [0.05, 0.1) is 5.69 Å². The maximum absolute atomic E-state index is 13.2. The second-order valence-corrected chi connectivity index (χ2v) is 2.93. The minimum Gasteiger partial charge on any atom is -0.269 e. The molecule has 0 saturated carbocycles. The van der Waals surface area contributed by atoms with Gasteiger partial charge in [0.25, 0.3) is 5.91 Å². The Kier molecular flexibility index (Phi) is 1.84. The zero-order chi connectivity index (χ0) is 10.2. The van der Waals surface area contributed by atoms with Crippen LogP contribution in [-0.4, -0.2) is 12.0 Å². The van der Waals surface area contributed by atoms with Gasteiger partial charge in [0.2, 0.25) is 0 Å². The van der Waals surface area contributed by atoms with Crippen molar-refractivity contribution >= 4 is 11.6 Å². The lowest BCUT2D eigenvalue weighted by atomic mass is 10.3. The molecule has 1 aliphatic rings. The molecule has 4 heteroatoms. The van der Waals surface area contributed by atoms with Crippen LogP contribution < -0.4 is 4.90 Å². The predicted molar refractivity (Wildman–Crippen MR) is 48.0 cm³/mol. The van der Waals surface area contributed by atoms with E-state index in [1.54, 1.807) is 18.2 Å². The molecule has 0 fully saturated rings. The molecule has 0 N–H and O–H groups in total. The van der Waals surface area contributed by atoms with Crippen LogP contribution in [0.4, 0.5) is 14.5 Å². The SMILES string of the molecule is O=C1C=CC(F)(F)N1c1ccccc1. The second-order valence-electron chi connectivity index (χ2n) is 2.93. The third-order valence-electron chi connectivity index (χ3n) is 1.96. The number of halogens is 2. The first kappa shape index (κ1) is 8.87. The number of anilines is 1. The van der Waals surface area contributed by atoms with Gasteiger partial charge in [0.1, 0.15) is 0 Å². The van der Waals surface area contributed by atoms with Crippen LogP contribution in [-0.2, 0) is 4.79 Å². The summed E-state index contributed by atoms with van der Waals surface area (Å²) in [5.41, 5.74) is 0.201. The number of hydrogen-bond acceptors (Lipinski definition) is 1. The first-order valence-corrected chi connectivity index (χ1v) is 4.07. The molecule has 2 rings (SSSR count). The maximum atomic E-state index is 13.2. The van der Waals surface area contributed by atoms with Crippen molar-refractivity contribution < 1.29 is 13.6 Å². The lowest BCUT2D eigenvalue weighted by Gasteiger charge is -2.23. The molecule has 0 aliphatic carbocycles. The van der Waals surface area contributed by atoms with Crippen LogP contribution in [0.2, 0.25) is 0 Å². The van der Waals surface area contributed by atoms with E-state index in [9.17, 15) is 13.6 Å². The first-order chi connectivity index (χ1) is 6.61. The highest BCUT2D eigenvalue weighted by molar-refractivity contribution is 6.05. The average molecular weight is 195 g/mol. The van der Waals surface area contributed by atoms with Crippen LogP contribution in [0.15, 0.2) is 42.5 Å². The van der Waals surface area contributed by atoms with Crippen LogP contribution in [0, 0.1) is 0 Å². The Bertz CT molecular complexity index is 386. The van der Waals surface area contributed by atoms with Gasteiger partial charge in [-0.1, -0.05) is 18.2 Å². The summed E-state index contributed by atoms with van der Waals surface area (Å²) in [6.07, 6.45) is 1.48. The number of hydrogen-bond donors (Lipinski definition) is 0. The summed E-state index contributed by atoms with van der Waals surface area (Å²) in [6, 6.07) is 4.65. The highest BCUT2D eigenvalue weighted by Crippen LogP contribution is 2.32. The summed E-state index contributed by atoms with van der Waals surface area (Å²) in [4.78, 5) is 11.6. The molecule has 0 bridgehead atoms. The van der Waals surface area contributed by atoms with Crippen molar-refractivity contribution in [3.63, 3.8) is 0 Å². The van der Waals surface area contributed by atoms with Crippen molar-refractivity contribution in [2.24, 2.45) is 0 Å². The average Bonchev–Trinajstić information content (AvgIpc) is 2.42. The Hall–Kier alpha value is -1.71. The second kappa shape index (κ2) is 2.90. The van der Waals surface area contributed by atoms with Gasteiger partial charge in [0.15, 0.2) is 0 Å². The summed E-state index contributed by atoms with van der Waals surface area (Å²) in [5.74, 6) is -0.693. The number of rotatable bonds is 1. The predicted octanol–water partition coefficient (Wildman–Crippen LogP) is 2.18. The van der Waals surface area contributed by atoms with Crippen LogP contribution >= 0.6 is 0 Å². The molecule has 0 aromatic heterocycles. The molecule has 1 aromatic rings. The third kappa shape index (κ3) is 1.28. The maximum Gasteiger partial charge on any atom is 0.352 e. The quantitative estimate of drug-likeness (QED) is 0.629. The minimum atomic E-state index is -3.21. The van der Waals surface area contributed by atoms with Crippen molar-refractivity contribution in [3.05, 3.63) is 42.5 Å². The minimum absolute atomic E-state index is 0.201. The molecule has 1 amide bonds. The van der Waals surface area contributed by atoms with Crippen molar-refractivity contribution in [2.75, 3.05) is 4.90 Å². The number of para-hydroxylation sites is 1. The lowest BCUT2D eigenvalue weighted by Crippen LogP contribution is -2.39. The van der Waals surface area contributed by atoms with E-state index < -0.39 is 12.0 Å². The number of alkyl halides is 2. The number of benzene rings is 1. The van der Waals surface area contributed by atoms with E-state index in [0.29, 0.717) is 11.0 Å². The zero-order valence-corrected chi connectivity index (χ0v) is 7.15. The van der Waals surface area contributed by atoms with Crippen LogP contribution in [0.3, 0.4) is 0 Å². The lowest BCUT2D eigenvalue weighted by molar-refractivity contribution is -0.116. The van der Waals surface area contributed by atoms with Gasteiger partial charge in [-0.25, -0.2) is 4.90 Å². The Morgan fingerprint density at radius 1 is 1.14 bits per heavy atom. The Morgan fingerprint density at radius 2 is 1.79 bits per heavy atom. The van der Waals surface area contributed by atoms with Gasteiger partial charge >= 0.3 is 6.05 Å². The largest absolute Gasteiger partial charge is 0.352 e. The van der Waals surface area contributed by atoms with Crippen molar-refractivity contribution in [2.45, 2.75) is 6.05 Å². The van der Waals surface area contributed by atoms with Crippen molar-refractivity contribution in [1.29, 1.82) is 0 Å². The molecule has 0 unspecified atom stereocenters. The molecule has 0 atom stereocenters. The molecular weight excluding hydrogens is 188 g/mol. The van der Waals surface area contributed by atoms with Gasteiger partial charge in [-0.05, 0) is 12.1 Å². The summed E-state index contributed by atoms with van der Waals surface area (Å²) < 4.78 is 26.3. The Balaban J connectivity index is 2.41. The van der Waals surface area contributed by atoms with E-state index in [4.69, 9.17) is 0 Å². The van der Waals surface area contributed by atoms with Gasteiger partial charge in [-0.2, -0.15) is 8.78 Å². The van der Waals surface area contributed by atoms with E-state index in [0.717, 1.165) is 6.08 Å². The normalized spacial score (nSPS) is 19.0. The first-order valence-electron chi connectivity index (χ1n) is 4.07.